The molecule has 2 aromatic rings. The second-order valence-electron chi connectivity index (χ2n) is 6.26. The number of anilines is 1. The molecule has 7 heteroatoms. The summed E-state index contributed by atoms with van der Waals surface area (Å²) in [6.07, 6.45) is 0.568. The Bertz CT molecular complexity index is 752. The molecular formula is C18H22N4O3. The third-order valence-electron chi connectivity index (χ3n) is 4.37. The van der Waals surface area contributed by atoms with Crippen LogP contribution in [-0.2, 0) is 11.3 Å². The number of hydrogen-bond donors (Lipinski definition) is 2. The van der Waals surface area contributed by atoms with Crippen molar-refractivity contribution in [3.8, 4) is 0 Å². The van der Waals surface area contributed by atoms with Gasteiger partial charge >= 0.3 is 6.03 Å². The van der Waals surface area contributed by atoms with Gasteiger partial charge in [0.15, 0.2) is 0 Å². The number of benzene rings is 1. The van der Waals surface area contributed by atoms with E-state index in [-0.39, 0.29) is 18.5 Å². The van der Waals surface area contributed by atoms with E-state index in [2.05, 4.69) is 15.6 Å². The first-order valence-electron chi connectivity index (χ1n) is 8.31. The Morgan fingerprint density at radius 1 is 1.32 bits per heavy atom. The van der Waals surface area contributed by atoms with Crippen LogP contribution in [0.5, 0.6) is 0 Å². The van der Waals surface area contributed by atoms with E-state index in [4.69, 9.17) is 4.42 Å². The highest BCUT2D eigenvalue weighted by molar-refractivity contribution is 6.01. The fourth-order valence-corrected chi connectivity index (χ4v) is 3.00. The molecule has 0 saturated carbocycles. The Balaban J connectivity index is 1.57. The number of nitrogens with zero attached hydrogens (tertiary/aromatic N) is 2. The minimum absolute atomic E-state index is 0.0252. The van der Waals surface area contributed by atoms with Gasteiger partial charge in [-0.2, -0.15) is 0 Å². The largest absolute Gasteiger partial charge is 0.444 e. The predicted octanol–water partition coefficient (Wildman–Crippen LogP) is 2.28. The number of nitrogens with one attached hydrogen (secondary N) is 2. The summed E-state index contributed by atoms with van der Waals surface area (Å²) in [6, 6.07) is 8.55. The number of carbonyl (C=O) groups excluding carboxylic acids is 2. The highest BCUT2D eigenvalue weighted by Gasteiger charge is 2.38. The number of hydrogen-bond acceptors (Lipinski definition) is 4. The van der Waals surface area contributed by atoms with E-state index in [0.29, 0.717) is 12.3 Å². The zero-order valence-electron chi connectivity index (χ0n) is 14.6. The topological polar surface area (TPSA) is 87.5 Å². The van der Waals surface area contributed by atoms with Crippen molar-refractivity contribution in [1.29, 1.82) is 0 Å². The van der Waals surface area contributed by atoms with Crippen molar-refractivity contribution in [2.24, 2.45) is 0 Å². The number of para-hydroxylation sites is 1. The average Bonchev–Trinajstić information content (AvgIpc) is 3.05. The molecule has 0 aliphatic carbocycles. The van der Waals surface area contributed by atoms with Crippen LogP contribution in [0.1, 0.15) is 30.7 Å². The van der Waals surface area contributed by atoms with Crippen LogP contribution in [0.25, 0.3) is 0 Å². The summed E-state index contributed by atoms with van der Waals surface area (Å²) >= 11 is 0. The molecular weight excluding hydrogens is 320 g/mol. The van der Waals surface area contributed by atoms with E-state index >= 15 is 0 Å². The van der Waals surface area contributed by atoms with E-state index in [9.17, 15) is 9.59 Å². The first-order chi connectivity index (χ1) is 12.0. The van der Waals surface area contributed by atoms with Crippen LogP contribution >= 0.6 is 0 Å². The molecule has 1 fully saturated rings. The van der Waals surface area contributed by atoms with Crippen molar-refractivity contribution in [2.45, 2.75) is 45.8 Å². The molecule has 0 bridgehead atoms. The van der Waals surface area contributed by atoms with E-state index in [1.807, 2.05) is 51.1 Å². The van der Waals surface area contributed by atoms with Gasteiger partial charge in [-0.15, -0.1) is 0 Å². The van der Waals surface area contributed by atoms with Crippen LogP contribution in [0, 0.1) is 13.8 Å². The molecule has 3 amide bonds. The summed E-state index contributed by atoms with van der Waals surface area (Å²) < 4.78 is 5.42. The zero-order chi connectivity index (χ0) is 18.0. The van der Waals surface area contributed by atoms with Gasteiger partial charge < -0.3 is 20.0 Å². The molecule has 1 aliphatic heterocycles. The molecule has 0 radical (unpaired) electrons. The lowest BCUT2D eigenvalue weighted by Gasteiger charge is -2.21. The maximum absolute atomic E-state index is 12.6. The van der Waals surface area contributed by atoms with Crippen LogP contribution < -0.4 is 15.5 Å². The van der Waals surface area contributed by atoms with Gasteiger partial charge in [0.2, 0.25) is 11.8 Å². The van der Waals surface area contributed by atoms with E-state index < -0.39 is 12.1 Å². The van der Waals surface area contributed by atoms with Crippen molar-refractivity contribution < 1.29 is 14.0 Å². The lowest BCUT2D eigenvalue weighted by atomic mass is 10.2. The third kappa shape index (κ3) is 3.65. The molecule has 132 valence electrons. The van der Waals surface area contributed by atoms with Crippen LogP contribution in [0.15, 0.2) is 34.7 Å². The molecule has 25 heavy (non-hydrogen) atoms. The van der Waals surface area contributed by atoms with Crippen LogP contribution in [0.3, 0.4) is 0 Å². The van der Waals surface area contributed by atoms with Crippen molar-refractivity contribution in [2.75, 3.05) is 4.90 Å². The van der Waals surface area contributed by atoms with Crippen molar-refractivity contribution >= 4 is 17.6 Å². The van der Waals surface area contributed by atoms with Crippen molar-refractivity contribution in [3.63, 3.8) is 0 Å². The Morgan fingerprint density at radius 3 is 2.68 bits per heavy atom. The fraction of sp³-hybridized carbons (Fsp3) is 0.389. The van der Waals surface area contributed by atoms with Gasteiger partial charge in [0.05, 0.1) is 12.2 Å². The van der Waals surface area contributed by atoms with E-state index in [1.165, 1.54) is 0 Å². The minimum Gasteiger partial charge on any atom is -0.444 e. The molecule has 1 aliphatic rings. The molecule has 2 heterocycles. The average molecular weight is 342 g/mol. The number of carbonyl (C=O) groups is 2. The summed E-state index contributed by atoms with van der Waals surface area (Å²) in [4.78, 5) is 30.7. The maximum Gasteiger partial charge on any atom is 0.315 e. The lowest BCUT2D eigenvalue weighted by molar-refractivity contribution is -0.118. The van der Waals surface area contributed by atoms with Gasteiger partial charge in [-0.1, -0.05) is 18.2 Å². The molecule has 2 atom stereocenters. The quantitative estimate of drug-likeness (QED) is 0.892. The molecule has 1 aromatic heterocycles. The summed E-state index contributed by atoms with van der Waals surface area (Å²) in [5, 5.41) is 5.42. The summed E-state index contributed by atoms with van der Waals surface area (Å²) in [5.41, 5.74) is 1.64. The van der Waals surface area contributed by atoms with E-state index in [0.717, 1.165) is 17.1 Å². The third-order valence-corrected chi connectivity index (χ3v) is 4.37. The standard InChI is InChI=1S/C18H22N4O3/c1-11-9-15(17(23)22(11)14-7-5-4-6-8-14)21-18(24)19-10-16-20-12(2)13(3)25-16/h4-8,11,15H,9-10H2,1-3H3,(H2,19,21,24)/t11-,15+/m0/s1. The Morgan fingerprint density at radius 2 is 2.04 bits per heavy atom. The number of rotatable bonds is 4. The SMILES string of the molecule is Cc1nc(CNC(=O)N[C@@H]2C[C@H](C)N(c3ccccc3)C2=O)oc1C. The molecule has 3 rings (SSSR count). The predicted molar refractivity (Wildman–Crippen MR) is 93.1 cm³/mol. The smallest absolute Gasteiger partial charge is 0.315 e. The lowest BCUT2D eigenvalue weighted by Crippen LogP contribution is -2.46. The monoisotopic (exact) mass is 342 g/mol. The highest BCUT2D eigenvalue weighted by Crippen LogP contribution is 2.26. The Kier molecular flexibility index (Phi) is 4.74. The van der Waals surface area contributed by atoms with Crippen LogP contribution in [-0.4, -0.2) is 29.0 Å². The van der Waals surface area contributed by atoms with Gasteiger partial charge in [0.1, 0.15) is 11.8 Å². The maximum atomic E-state index is 12.6. The Hall–Kier alpha value is -2.83. The zero-order valence-corrected chi connectivity index (χ0v) is 14.6. The fourth-order valence-electron chi connectivity index (χ4n) is 3.00. The number of oxazole rings is 1. The number of urea groups is 1. The van der Waals surface area contributed by atoms with Crippen LogP contribution in [0.4, 0.5) is 10.5 Å². The normalized spacial score (nSPS) is 20.0. The second-order valence-corrected chi connectivity index (χ2v) is 6.26. The number of aromatic nitrogens is 1. The second kappa shape index (κ2) is 6.96. The first-order valence-corrected chi connectivity index (χ1v) is 8.31. The van der Waals surface area contributed by atoms with Gasteiger partial charge in [-0.3, -0.25) is 4.79 Å². The summed E-state index contributed by atoms with van der Waals surface area (Å²) in [7, 11) is 0. The summed E-state index contributed by atoms with van der Waals surface area (Å²) in [6.45, 7) is 5.82. The molecule has 0 spiro atoms. The van der Waals surface area contributed by atoms with Gasteiger partial charge in [0, 0.05) is 11.7 Å². The molecule has 0 unspecified atom stereocenters. The van der Waals surface area contributed by atoms with Crippen molar-refractivity contribution in [3.05, 3.63) is 47.7 Å². The van der Waals surface area contributed by atoms with Gasteiger partial charge in [-0.25, -0.2) is 9.78 Å². The van der Waals surface area contributed by atoms with E-state index in [1.54, 1.807) is 4.90 Å². The molecule has 7 nitrogen and oxygen atoms in total. The van der Waals surface area contributed by atoms with Gasteiger partial charge in [-0.05, 0) is 39.3 Å². The molecule has 1 saturated heterocycles. The van der Waals surface area contributed by atoms with Crippen molar-refractivity contribution in [1.82, 2.24) is 15.6 Å². The molecule has 1 aromatic carbocycles. The highest BCUT2D eigenvalue weighted by atomic mass is 16.4. The Labute approximate surface area is 146 Å². The minimum atomic E-state index is -0.539. The van der Waals surface area contributed by atoms with Crippen LogP contribution in [0.2, 0.25) is 0 Å². The number of amides is 3. The first kappa shape index (κ1) is 17.0. The summed E-state index contributed by atoms with van der Waals surface area (Å²) in [5.74, 6) is 1.08. The van der Waals surface area contributed by atoms with Gasteiger partial charge in [0.25, 0.3) is 0 Å². The molecule has 2 N–H and O–H groups in total. The number of aryl methyl sites for hydroxylation is 2.